The summed E-state index contributed by atoms with van der Waals surface area (Å²) in [5.41, 5.74) is -1.13. The van der Waals surface area contributed by atoms with Crippen LogP contribution in [0.1, 0.15) is 6.23 Å². The van der Waals surface area contributed by atoms with Crippen LogP contribution >= 0.6 is 15.9 Å². The van der Waals surface area contributed by atoms with Crippen LogP contribution in [0, 0.1) is 0 Å². The summed E-state index contributed by atoms with van der Waals surface area (Å²) < 4.78 is 6.49. The third-order valence-corrected chi connectivity index (χ3v) is 3.59. The highest BCUT2D eigenvalue weighted by Crippen LogP contribution is 2.33. The van der Waals surface area contributed by atoms with Crippen molar-refractivity contribution in [1.29, 1.82) is 0 Å². The Morgan fingerprint density at radius 2 is 2.24 bits per heavy atom. The van der Waals surface area contributed by atoms with Crippen LogP contribution in [0.5, 0.6) is 0 Å². The lowest BCUT2D eigenvalue weighted by molar-refractivity contribution is -0.0456. The van der Waals surface area contributed by atoms with E-state index in [0.717, 1.165) is 4.57 Å². The molecule has 1 aliphatic heterocycles. The van der Waals surface area contributed by atoms with Crippen LogP contribution in [0.15, 0.2) is 21.9 Å². The van der Waals surface area contributed by atoms with Gasteiger partial charge >= 0.3 is 5.69 Å². The van der Waals surface area contributed by atoms with E-state index < -0.39 is 34.5 Å². The van der Waals surface area contributed by atoms with Crippen LogP contribution < -0.4 is 11.2 Å². The molecular formula is C9H11BrN2O5. The number of aromatic nitrogens is 2. The first-order chi connectivity index (χ1) is 8.04. The van der Waals surface area contributed by atoms with E-state index in [1.54, 1.807) is 0 Å². The summed E-state index contributed by atoms with van der Waals surface area (Å²) in [5.74, 6) is 0. The smallest absolute Gasteiger partial charge is 0.330 e. The first-order valence-electron chi connectivity index (χ1n) is 4.94. The van der Waals surface area contributed by atoms with E-state index >= 15 is 0 Å². The molecule has 0 aromatic carbocycles. The number of nitrogens with zero attached hydrogens (tertiary/aromatic N) is 1. The fourth-order valence-corrected chi connectivity index (χ4v) is 2.43. The lowest BCUT2D eigenvalue weighted by Crippen LogP contribution is -2.35. The number of aromatic amines is 1. The van der Waals surface area contributed by atoms with Gasteiger partial charge in [-0.25, -0.2) is 4.79 Å². The minimum absolute atomic E-state index is 0.349. The highest BCUT2D eigenvalue weighted by Gasteiger charge is 2.43. The molecule has 2 rings (SSSR count). The lowest BCUT2D eigenvalue weighted by Gasteiger charge is -2.16. The van der Waals surface area contributed by atoms with Gasteiger partial charge in [-0.15, -0.1) is 0 Å². The molecule has 0 spiro atoms. The van der Waals surface area contributed by atoms with Gasteiger partial charge in [-0.3, -0.25) is 14.3 Å². The maximum absolute atomic E-state index is 11.5. The third-order valence-electron chi connectivity index (χ3n) is 2.60. The molecule has 1 unspecified atom stereocenters. The lowest BCUT2D eigenvalue weighted by atomic mass is 10.2. The fraction of sp³-hybridized carbons (Fsp3) is 0.556. The van der Waals surface area contributed by atoms with Crippen LogP contribution in [0.3, 0.4) is 0 Å². The van der Waals surface area contributed by atoms with Gasteiger partial charge in [-0.05, 0) is 0 Å². The summed E-state index contributed by atoms with van der Waals surface area (Å²) in [4.78, 5) is 24.0. The summed E-state index contributed by atoms with van der Waals surface area (Å²) in [6, 6.07) is 1.18. The van der Waals surface area contributed by atoms with Crippen molar-refractivity contribution in [3.63, 3.8) is 0 Å². The number of halogens is 1. The number of nitrogens with one attached hydrogen (secondary N) is 1. The number of H-pyrrole nitrogens is 1. The summed E-state index contributed by atoms with van der Waals surface area (Å²) in [5, 5.41) is 18.7. The van der Waals surface area contributed by atoms with E-state index in [9.17, 15) is 14.7 Å². The van der Waals surface area contributed by atoms with Gasteiger partial charge in [-0.2, -0.15) is 0 Å². The Labute approximate surface area is 104 Å². The van der Waals surface area contributed by atoms with Crippen LogP contribution in [0.2, 0.25) is 0 Å². The summed E-state index contributed by atoms with van der Waals surface area (Å²) in [6.45, 7) is -0.349. The molecule has 17 heavy (non-hydrogen) atoms. The van der Waals surface area contributed by atoms with Crippen LogP contribution in [0.25, 0.3) is 0 Å². The average Bonchev–Trinajstić information content (AvgIpc) is 2.57. The van der Waals surface area contributed by atoms with E-state index in [0.29, 0.717) is 0 Å². The molecule has 0 bridgehead atoms. The fourth-order valence-electron chi connectivity index (χ4n) is 1.71. The second kappa shape index (κ2) is 4.73. The average molecular weight is 307 g/mol. The molecule has 2 heterocycles. The van der Waals surface area contributed by atoms with Crippen molar-refractivity contribution >= 4 is 15.9 Å². The van der Waals surface area contributed by atoms with E-state index in [2.05, 4.69) is 20.9 Å². The van der Waals surface area contributed by atoms with Crippen molar-refractivity contribution in [2.75, 3.05) is 6.61 Å². The van der Waals surface area contributed by atoms with Gasteiger partial charge in [0.2, 0.25) is 0 Å². The van der Waals surface area contributed by atoms with Crippen molar-refractivity contribution in [2.24, 2.45) is 0 Å². The van der Waals surface area contributed by atoms with Gasteiger partial charge in [0, 0.05) is 12.3 Å². The Balaban J connectivity index is 2.35. The minimum atomic E-state index is -0.927. The van der Waals surface area contributed by atoms with E-state index in [1.165, 1.54) is 12.3 Å². The van der Waals surface area contributed by atoms with Gasteiger partial charge in [0.05, 0.1) is 17.5 Å². The summed E-state index contributed by atoms with van der Waals surface area (Å²) in [6.07, 6.45) is -1.18. The number of rotatable bonds is 2. The molecule has 0 radical (unpaired) electrons. The van der Waals surface area contributed by atoms with Gasteiger partial charge in [-0.1, -0.05) is 15.9 Å². The molecule has 1 aromatic heterocycles. The standard InChI is InChI=1S/C9H11BrN2O5/c10-6-7(15)4(3-13)17-8(6)12-2-1-5(14)11-9(12)16/h1-2,4,6-8,13,15H,3H2,(H,11,14,16)/t4-,6+,7?,8-/m1/s1. The first-order valence-corrected chi connectivity index (χ1v) is 5.86. The Hall–Kier alpha value is -0.960. The Morgan fingerprint density at radius 3 is 2.76 bits per heavy atom. The van der Waals surface area contributed by atoms with Crippen molar-refractivity contribution in [1.82, 2.24) is 9.55 Å². The summed E-state index contributed by atoms with van der Waals surface area (Å²) >= 11 is 3.20. The summed E-state index contributed by atoms with van der Waals surface area (Å²) in [7, 11) is 0. The number of alkyl halides is 1. The third kappa shape index (κ3) is 2.21. The molecule has 1 fully saturated rings. The molecule has 1 saturated heterocycles. The van der Waals surface area contributed by atoms with Crippen molar-refractivity contribution in [2.45, 2.75) is 23.3 Å². The van der Waals surface area contributed by atoms with Gasteiger partial charge < -0.3 is 14.9 Å². The molecule has 8 heteroatoms. The van der Waals surface area contributed by atoms with Gasteiger partial charge in [0.1, 0.15) is 6.10 Å². The second-order valence-corrected chi connectivity index (χ2v) is 4.76. The van der Waals surface area contributed by atoms with Crippen LogP contribution in [-0.4, -0.2) is 43.4 Å². The normalized spacial score (nSPS) is 32.9. The number of aliphatic hydroxyl groups is 2. The molecule has 4 atom stereocenters. The number of hydrogen-bond acceptors (Lipinski definition) is 5. The zero-order valence-electron chi connectivity index (χ0n) is 8.62. The molecule has 1 aliphatic rings. The highest BCUT2D eigenvalue weighted by atomic mass is 79.9. The monoisotopic (exact) mass is 306 g/mol. The van der Waals surface area contributed by atoms with E-state index in [-0.39, 0.29) is 6.61 Å². The molecule has 7 nitrogen and oxygen atoms in total. The minimum Gasteiger partial charge on any atom is -0.394 e. The molecule has 0 saturated carbocycles. The quantitative estimate of drug-likeness (QED) is 0.580. The van der Waals surface area contributed by atoms with Crippen molar-refractivity contribution in [3.05, 3.63) is 33.1 Å². The number of aliphatic hydroxyl groups excluding tert-OH is 2. The molecule has 0 amide bonds. The SMILES string of the molecule is O=c1ccn([C@@H]2O[C@H](CO)C(O)[C@@H]2Br)c(=O)[nH]1. The van der Waals surface area contributed by atoms with Crippen molar-refractivity contribution < 1.29 is 14.9 Å². The van der Waals surface area contributed by atoms with E-state index in [1.807, 2.05) is 0 Å². The maximum atomic E-state index is 11.5. The largest absolute Gasteiger partial charge is 0.394 e. The second-order valence-electron chi connectivity index (χ2n) is 3.70. The Kier molecular flexibility index (Phi) is 3.48. The van der Waals surface area contributed by atoms with E-state index in [4.69, 9.17) is 9.84 Å². The van der Waals surface area contributed by atoms with Gasteiger partial charge in [0.25, 0.3) is 5.56 Å². The Morgan fingerprint density at radius 1 is 1.53 bits per heavy atom. The zero-order chi connectivity index (χ0) is 12.6. The first kappa shape index (κ1) is 12.5. The van der Waals surface area contributed by atoms with Crippen LogP contribution in [-0.2, 0) is 4.74 Å². The molecular weight excluding hydrogens is 296 g/mol. The molecule has 94 valence electrons. The predicted octanol–water partition coefficient (Wildman–Crippen LogP) is -1.45. The van der Waals surface area contributed by atoms with Gasteiger partial charge in [0.15, 0.2) is 6.23 Å². The molecule has 3 N–H and O–H groups in total. The Bertz CT molecular complexity index is 513. The number of ether oxygens (including phenoxy) is 1. The highest BCUT2D eigenvalue weighted by molar-refractivity contribution is 9.09. The zero-order valence-corrected chi connectivity index (χ0v) is 10.2. The predicted molar refractivity (Wildman–Crippen MR) is 61.0 cm³/mol. The topological polar surface area (TPSA) is 105 Å². The van der Waals surface area contributed by atoms with Crippen molar-refractivity contribution in [3.8, 4) is 0 Å². The molecule has 0 aliphatic carbocycles. The number of hydrogen-bond donors (Lipinski definition) is 3. The molecule has 1 aromatic rings. The van der Waals surface area contributed by atoms with Crippen LogP contribution in [0.4, 0.5) is 0 Å². The maximum Gasteiger partial charge on any atom is 0.330 e.